The molecule has 5 heteroatoms. The third kappa shape index (κ3) is 3.62. The second-order valence-corrected chi connectivity index (χ2v) is 6.30. The molecule has 1 aromatic heterocycles. The maximum Gasteiger partial charge on any atom is 0.254 e. The van der Waals surface area contributed by atoms with Gasteiger partial charge in [0.25, 0.3) is 5.91 Å². The van der Waals surface area contributed by atoms with Crippen molar-refractivity contribution in [2.45, 2.75) is 26.3 Å². The van der Waals surface area contributed by atoms with Crippen molar-refractivity contribution in [3.05, 3.63) is 42.4 Å². The van der Waals surface area contributed by atoms with Crippen LogP contribution in [0.4, 0.5) is 0 Å². The Kier molecular flexibility index (Phi) is 4.76. The number of hydrogen-bond acceptors (Lipinski definition) is 4. The first-order chi connectivity index (χ1) is 11.1. The molecular weight excluding hydrogens is 292 g/mol. The van der Waals surface area contributed by atoms with Crippen LogP contribution in [0, 0.1) is 5.92 Å². The third-order valence-corrected chi connectivity index (χ3v) is 4.08. The molecule has 1 aliphatic rings. The number of benzene rings is 1. The second-order valence-electron chi connectivity index (χ2n) is 6.30. The molecule has 1 aromatic carbocycles. The van der Waals surface area contributed by atoms with Crippen LogP contribution in [0.25, 0.3) is 11.3 Å². The van der Waals surface area contributed by atoms with Crippen LogP contribution in [0.5, 0.6) is 0 Å². The molecule has 0 bridgehead atoms. The molecule has 0 spiro atoms. The smallest absolute Gasteiger partial charge is 0.254 e. The Morgan fingerprint density at radius 3 is 2.78 bits per heavy atom. The lowest BCUT2D eigenvalue weighted by molar-refractivity contribution is -0.00746. The summed E-state index contributed by atoms with van der Waals surface area (Å²) in [5.74, 6) is 1.31. The van der Waals surface area contributed by atoms with Gasteiger partial charge in [-0.15, -0.1) is 0 Å². The number of carbonyl (C=O) groups excluding carboxylic acids is 1. The molecule has 23 heavy (non-hydrogen) atoms. The van der Waals surface area contributed by atoms with Gasteiger partial charge in [-0.25, -0.2) is 4.98 Å². The molecule has 3 rings (SSSR count). The quantitative estimate of drug-likeness (QED) is 0.869. The Hall–Kier alpha value is -2.14. The Labute approximate surface area is 136 Å². The summed E-state index contributed by atoms with van der Waals surface area (Å²) in [5.41, 5.74) is 1.61. The van der Waals surface area contributed by atoms with Crippen LogP contribution < -0.4 is 0 Å². The molecule has 1 aliphatic heterocycles. The van der Waals surface area contributed by atoms with Crippen molar-refractivity contribution in [3.8, 4) is 11.3 Å². The van der Waals surface area contributed by atoms with Crippen LogP contribution in [0.1, 0.15) is 30.6 Å². The first-order valence-corrected chi connectivity index (χ1v) is 8.03. The molecule has 1 atom stereocenters. The molecule has 122 valence electrons. The first kappa shape index (κ1) is 15.7. The number of carbonyl (C=O) groups is 1. The van der Waals surface area contributed by atoms with Crippen molar-refractivity contribution in [1.29, 1.82) is 0 Å². The van der Waals surface area contributed by atoms with E-state index >= 15 is 0 Å². The highest BCUT2D eigenvalue weighted by atomic mass is 16.5. The van der Waals surface area contributed by atoms with E-state index in [-0.39, 0.29) is 11.9 Å². The second kappa shape index (κ2) is 6.96. The number of aromatic nitrogens is 1. The number of nitrogens with zero attached hydrogens (tertiary/aromatic N) is 2. The molecule has 0 radical (unpaired) electrons. The highest BCUT2D eigenvalue weighted by Crippen LogP contribution is 2.22. The van der Waals surface area contributed by atoms with Crippen LogP contribution in [0.15, 0.2) is 41.3 Å². The number of ether oxygens (including phenoxy) is 1. The molecule has 1 amide bonds. The Morgan fingerprint density at radius 2 is 2.13 bits per heavy atom. The van der Waals surface area contributed by atoms with E-state index in [1.165, 1.54) is 6.39 Å². The van der Waals surface area contributed by atoms with Crippen molar-refractivity contribution in [2.75, 3.05) is 19.8 Å². The molecular formula is C18H22N2O3. The Balaban J connectivity index is 1.76. The maximum atomic E-state index is 12.8. The Morgan fingerprint density at radius 1 is 1.35 bits per heavy atom. The van der Waals surface area contributed by atoms with E-state index in [0.717, 1.165) is 12.0 Å². The van der Waals surface area contributed by atoms with Crippen molar-refractivity contribution < 1.29 is 13.9 Å². The molecule has 2 heterocycles. The van der Waals surface area contributed by atoms with E-state index in [9.17, 15) is 4.79 Å². The van der Waals surface area contributed by atoms with Crippen molar-refractivity contribution in [2.24, 2.45) is 5.92 Å². The van der Waals surface area contributed by atoms with Crippen molar-refractivity contribution in [1.82, 2.24) is 9.88 Å². The van der Waals surface area contributed by atoms with Gasteiger partial charge >= 0.3 is 0 Å². The lowest BCUT2D eigenvalue weighted by Gasteiger charge is -2.36. The van der Waals surface area contributed by atoms with Crippen LogP contribution in [-0.2, 0) is 4.74 Å². The molecule has 0 N–H and O–H groups in total. The number of morpholine rings is 1. The summed E-state index contributed by atoms with van der Waals surface area (Å²) in [4.78, 5) is 18.7. The predicted octanol–water partition coefficient (Wildman–Crippen LogP) is 3.23. The van der Waals surface area contributed by atoms with Gasteiger partial charge in [0, 0.05) is 17.7 Å². The van der Waals surface area contributed by atoms with E-state index in [4.69, 9.17) is 9.15 Å². The maximum absolute atomic E-state index is 12.8. The molecule has 5 nitrogen and oxygen atoms in total. The summed E-state index contributed by atoms with van der Waals surface area (Å²) in [6.07, 6.45) is 4.03. The van der Waals surface area contributed by atoms with Crippen molar-refractivity contribution >= 4 is 5.91 Å². The van der Waals surface area contributed by atoms with E-state index < -0.39 is 0 Å². The number of oxazole rings is 1. The van der Waals surface area contributed by atoms with Gasteiger partial charge in [-0.3, -0.25) is 4.79 Å². The molecule has 1 fully saturated rings. The van der Waals surface area contributed by atoms with Gasteiger partial charge in [0.2, 0.25) is 0 Å². The van der Waals surface area contributed by atoms with Crippen LogP contribution >= 0.6 is 0 Å². The number of rotatable bonds is 4. The normalized spacial score (nSPS) is 18.4. The van der Waals surface area contributed by atoms with E-state index in [1.807, 2.05) is 29.2 Å². The summed E-state index contributed by atoms with van der Waals surface area (Å²) < 4.78 is 10.8. The fourth-order valence-corrected chi connectivity index (χ4v) is 2.96. The summed E-state index contributed by atoms with van der Waals surface area (Å²) in [6, 6.07) is 7.65. The summed E-state index contributed by atoms with van der Waals surface area (Å²) in [7, 11) is 0. The van der Waals surface area contributed by atoms with Gasteiger partial charge < -0.3 is 14.1 Å². The zero-order chi connectivity index (χ0) is 16.2. The fourth-order valence-electron chi connectivity index (χ4n) is 2.96. The largest absolute Gasteiger partial charge is 0.444 e. The third-order valence-electron chi connectivity index (χ3n) is 4.08. The molecule has 0 saturated carbocycles. The highest BCUT2D eigenvalue weighted by molar-refractivity contribution is 5.95. The van der Waals surface area contributed by atoms with Gasteiger partial charge in [-0.2, -0.15) is 0 Å². The topological polar surface area (TPSA) is 55.6 Å². The Bertz CT molecular complexity index is 635. The first-order valence-electron chi connectivity index (χ1n) is 8.03. The van der Waals surface area contributed by atoms with Gasteiger partial charge in [-0.05, 0) is 24.5 Å². The van der Waals surface area contributed by atoms with Gasteiger partial charge in [0.15, 0.2) is 12.2 Å². The average Bonchev–Trinajstić information content (AvgIpc) is 3.09. The van der Waals surface area contributed by atoms with Gasteiger partial charge in [0.1, 0.15) is 0 Å². The van der Waals surface area contributed by atoms with E-state index in [1.54, 1.807) is 6.20 Å². The van der Waals surface area contributed by atoms with Crippen molar-refractivity contribution in [3.63, 3.8) is 0 Å². The minimum Gasteiger partial charge on any atom is -0.444 e. The minimum absolute atomic E-state index is 0.0723. The summed E-state index contributed by atoms with van der Waals surface area (Å²) in [5, 5.41) is 0. The highest BCUT2D eigenvalue weighted by Gasteiger charge is 2.28. The monoisotopic (exact) mass is 314 g/mol. The molecule has 2 aromatic rings. The lowest BCUT2D eigenvalue weighted by Crippen LogP contribution is -2.49. The standard InChI is InChI=1S/C18H22N2O3/c1-13(2)9-16-11-22-8-7-20(16)18(21)15-5-3-14(4-6-15)17-10-19-12-23-17/h3-6,10,12-13,16H,7-9,11H2,1-2H3/t16-/m0/s1. The van der Waals surface area contributed by atoms with Gasteiger partial charge in [-0.1, -0.05) is 26.0 Å². The molecule has 1 saturated heterocycles. The summed E-state index contributed by atoms with van der Waals surface area (Å²) >= 11 is 0. The number of hydrogen-bond donors (Lipinski definition) is 0. The predicted molar refractivity (Wildman–Crippen MR) is 87.0 cm³/mol. The number of amides is 1. The molecule has 0 aliphatic carbocycles. The molecule has 0 unspecified atom stereocenters. The zero-order valence-electron chi connectivity index (χ0n) is 13.6. The van der Waals surface area contributed by atoms with Crippen LogP contribution in [-0.4, -0.2) is 41.6 Å². The SMILES string of the molecule is CC(C)C[C@H]1COCCN1C(=O)c1ccc(-c2cnco2)cc1. The minimum atomic E-state index is 0.0723. The lowest BCUT2D eigenvalue weighted by atomic mass is 10.0. The summed E-state index contributed by atoms with van der Waals surface area (Å²) in [6.45, 7) is 6.23. The van der Waals surface area contributed by atoms with Gasteiger partial charge in [0.05, 0.1) is 25.5 Å². The fraction of sp³-hybridized carbons (Fsp3) is 0.444. The zero-order valence-corrected chi connectivity index (χ0v) is 13.6. The van der Waals surface area contributed by atoms with E-state index in [2.05, 4.69) is 18.8 Å². The van der Waals surface area contributed by atoms with Crippen LogP contribution in [0.2, 0.25) is 0 Å². The van der Waals surface area contributed by atoms with Crippen LogP contribution in [0.3, 0.4) is 0 Å². The average molecular weight is 314 g/mol. The van der Waals surface area contributed by atoms with E-state index in [0.29, 0.717) is 37.0 Å².